The summed E-state index contributed by atoms with van der Waals surface area (Å²) in [5, 5.41) is 15.9. The summed E-state index contributed by atoms with van der Waals surface area (Å²) >= 11 is 0. The molecular weight excluding hydrogens is 1270 g/mol. The third-order valence-electron chi connectivity index (χ3n) is 17.9. The van der Waals surface area contributed by atoms with Gasteiger partial charge in [0.05, 0.1) is 93.7 Å². The topological polar surface area (TPSA) is 227 Å². The summed E-state index contributed by atoms with van der Waals surface area (Å²) < 4.78 is 101. The monoisotopic (exact) mass is 1340 g/mol. The Labute approximate surface area is 565 Å². The predicted octanol–water partition coefficient (Wildman–Crippen LogP) is 12.1. The molecule has 0 radical (unpaired) electrons. The van der Waals surface area contributed by atoms with Crippen LogP contribution in [0.25, 0.3) is 67.1 Å². The van der Waals surface area contributed by atoms with Crippen LogP contribution < -0.4 is 20.1 Å². The molecule has 0 bridgehead atoms. The Kier molecular flexibility index (Phi) is 19.5. The Morgan fingerprint density at radius 3 is 1.35 bits per heavy atom. The molecule has 99 heavy (non-hydrogen) atoms. The zero-order chi connectivity index (χ0) is 67.9. The lowest BCUT2D eigenvalue weighted by Crippen LogP contribution is -2.29. The van der Waals surface area contributed by atoms with Crippen LogP contribution in [-0.2, 0) is 53.4 Å². The van der Waals surface area contributed by atoms with Crippen molar-refractivity contribution >= 4 is 34.0 Å². The summed E-state index contributed by atoms with van der Waals surface area (Å²) in [5.74, 6) is -3.64. The number of nitrogens with zero attached hydrogens (tertiary/aromatic N) is 12. The van der Waals surface area contributed by atoms with Crippen molar-refractivity contribution in [1.82, 2.24) is 69.2 Å². The normalized spacial score (nSPS) is 13.8. The number of pyridine rings is 4. The third kappa shape index (κ3) is 14.7. The minimum atomic E-state index is -0.968. The molecule has 0 amide bonds. The number of benzene rings is 4. The highest BCUT2D eigenvalue weighted by Crippen LogP contribution is 2.33. The van der Waals surface area contributed by atoms with Gasteiger partial charge in [-0.1, -0.05) is 24.3 Å². The highest BCUT2D eigenvalue weighted by Gasteiger charge is 2.25. The largest absolute Gasteiger partial charge is 0.473 e. The molecule has 14 rings (SSSR count). The minimum Gasteiger partial charge on any atom is -0.473 e. The van der Waals surface area contributed by atoms with Crippen molar-refractivity contribution in [3.63, 3.8) is 0 Å². The number of rotatable bonds is 24. The van der Waals surface area contributed by atoms with Gasteiger partial charge in [-0.2, -0.15) is 10.2 Å². The number of nitrogens with one attached hydrogen (secondary N) is 2. The van der Waals surface area contributed by atoms with Gasteiger partial charge >= 0.3 is 11.9 Å². The van der Waals surface area contributed by atoms with Crippen molar-refractivity contribution < 1.29 is 50.8 Å². The van der Waals surface area contributed by atoms with Crippen molar-refractivity contribution in [1.29, 1.82) is 0 Å². The SMILES string of the molecule is COCCn1c(Cc2cc(F)c(-c3cccc(OCc4ccc(-c5cnn(C6CCNCC6)c5)nc4)n3)cc2F)nc2ccc(C(=O)OC(=O)c3ccc4nc(Cc5cc(F)c(-c6cccc(OCc7ccc(-c8cnn(C9CCNCC9)c8)nc7)n6)cc5F)n(CCOC)c4c3)cc21. The number of fused-ring (bicyclic) bond motifs is 2. The molecule has 0 spiro atoms. The van der Waals surface area contributed by atoms with E-state index >= 15 is 17.6 Å². The molecule has 2 saturated heterocycles. The molecule has 0 saturated carbocycles. The zero-order valence-corrected chi connectivity index (χ0v) is 54.2. The van der Waals surface area contributed by atoms with E-state index in [-0.39, 0.29) is 109 Å². The van der Waals surface area contributed by atoms with Gasteiger partial charge in [-0.15, -0.1) is 0 Å². The number of piperidine rings is 2. The number of carbonyl (C=O) groups is 2. The second-order valence-corrected chi connectivity index (χ2v) is 24.4. The fourth-order valence-corrected chi connectivity index (χ4v) is 12.6. The van der Waals surface area contributed by atoms with Gasteiger partial charge in [-0.05, 0) is 148 Å². The molecule has 25 heteroatoms. The smallest absolute Gasteiger partial charge is 0.346 e. The first-order valence-electron chi connectivity index (χ1n) is 32.7. The first-order valence-corrected chi connectivity index (χ1v) is 32.7. The van der Waals surface area contributed by atoms with Gasteiger partial charge < -0.3 is 43.5 Å². The molecular formula is C74H68F4N14O7. The van der Waals surface area contributed by atoms with Crippen LogP contribution >= 0.6 is 0 Å². The van der Waals surface area contributed by atoms with E-state index in [1.165, 1.54) is 38.5 Å². The Morgan fingerprint density at radius 1 is 0.495 bits per heavy atom. The van der Waals surface area contributed by atoms with E-state index < -0.39 is 35.2 Å². The van der Waals surface area contributed by atoms with E-state index in [9.17, 15) is 9.59 Å². The number of halogens is 4. The van der Waals surface area contributed by atoms with Gasteiger partial charge in [0, 0.05) is 110 Å². The maximum atomic E-state index is 16.2. The number of aromatic nitrogens is 12. The fourth-order valence-electron chi connectivity index (χ4n) is 12.6. The van der Waals surface area contributed by atoms with E-state index in [2.05, 4.69) is 40.8 Å². The van der Waals surface area contributed by atoms with E-state index in [1.54, 1.807) is 70.1 Å². The van der Waals surface area contributed by atoms with Crippen LogP contribution in [0.5, 0.6) is 11.8 Å². The van der Waals surface area contributed by atoms with Crippen molar-refractivity contribution in [2.75, 3.05) is 53.6 Å². The second-order valence-electron chi connectivity index (χ2n) is 24.4. The summed E-state index contributed by atoms with van der Waals surface area (Å²) in [5.41, 5.74) is 7.01. The van der Waals surface area contributed by atoms with Gasteiger partial charge in [-0.25, -0.2) is 47.1 Å². The average molecular weight is 1340 g/mol. The van der Waals surface area contributed by atoms with Crippen LogP contribution in [0.4, 0.5) is 17.6 Å². The lowest BCUT2D eigenvalue weighted by atomic mass is 10.0. The molecule has 2 fully saturated rings. The number of imidazole rings is 2. The minimum absolute atomic E-state index is 0.0107. The Hall–Kier alpha value is -10.9. The molecule has 21 nitrogen and oxygen atoms in total. The lowest BCUT2D eigenvalue weighted by Gasteiger charge is -2.22. The van der Waals surface area contributed by atoms with Gasteiger partial charge in [-0.3, -0.25) is 19.3 Å². The number of methoxy groups -OCH3 is 2. The average Bonchev–Trinajstić information content (AvgIpc) is 1.67. The maximum Gasteiger partial charge on any atom is 0.346 e. The van der Waals surface area contributed by atoms with Gasteiger partial charge in [0.25, 0.3) is 0 Å². The molecule has 8 aromatic heterocycles. The van der Waals surface area contributed by atoms with Crippen molar-refractivity contribution in [2.45, 2.75) is 76.9 Å². The molecule has 0 unspecified atom stereocenters. The summed E-state index contributed by atoms with van der Waals surface area (Å²) in [6.07, 6.45) is 15.0. The van der Waals surface area contributed by atoms with Crippen LogP contribution in [-0.4, -0.2) is 124 Å². The Morgan fingerprint density at radius 2 is 0.939 bits per heavy atom. The maximum absolute atomic E-state index is 16.2. The van der Waals surface area contributed by atoms with E-state index in [4.69, 9.17) is 33.7 Å². The van der Waals surface area contributed by atoms with Crippen molar-refractivity contribution in [2.24, 2.45) is 0 Å². The first kappa shape index (κ1) is 65.4. The third-order valence-corrected chi connectivity index (χ3v) is 17.9. The Bertz CT molecular complexity index is 4610. The Balaban J connectivity index is 0.618. The second kappa shape index (κ2) is 29.5. The van der Waals surface area contributed by atoms with E-state index in [1.807, 2.05) is 58.4 Å². The molecule has 12 aromatic rings. The van der Waals surface area contributed by atoms with Gasteiger partial charge in [0.15, 0.2) is 0 Å². The van der Waals surface area contributed by atoms with Crippen molar-refractivity contribution in [3.8, 4) is 56.8 Å². The molecule has 504 valence electrons. The quantitative estimate of drug-likeness (QED) is 0.0326. The fraction of sp³-hybridized carbons (Fsp3) is 0.270. The highest BCUT2D eigenvalue weighted by atomic mass is 19.1. The number of carbonyl (C=O) groups excluding carboxylic acids is 2. The predicted molar refractivity (Wildman–Crippen MR) is 360 cm³/mol. The van der Waals surface area contributed by atoms with E-state index in [0.29, 0.717) is 45.8 Å². The van der Waals surface area contributed by atoms with Crippen LogP contribution in [0.15, 0.2) is 159 Å². The summed E-state index contributed by atoms with van der Waals surface area (Å²) in [4.78, 5) is 55.5. The molecule has 0 atom stereocenters. The highest BCUT2D eigenvalue weighted by molar-refractivity contribution is 6.05. The molecule has 2 N–H and O–H groups in total. The van der Waals surface area contributed by atoms with Gasteiger partial charge in [0.2, 0.25) is 11.8 Å². The number of esters is 2. The van der Waals surface area contributed by atoms with Crippen molar-refractivity contribution in [3.05, 3.63) is 227 Å². The number of hydrogen-bond acceptors (Lipinski definition) is 17. The molecule has 2 aliphatic heterocycles. The molecule has 4 aromatic carbocycles. The number of hydrogen-bond donors (Lipinski definition) is 2. The first-order chi connectivity index (χ1) is 48.4. The molecule has 10 heterocycles. The van der Waals surface area contributed by atoms with Crippen LogP contribution in [0.2, 0.25) is 0 Å². The molecule has 2 aliphatic rings. The summed E-state index contributed by atoms with van der Waals surface area (Å²) in [7, 11) is 3.03. The van der Waals surface area contributed by atoms with Crippen LogP contribution in [0.3, 0.4) is 0 Å². The standard InChI is InChI=1S/C74H68F4N14O7/c1-95-27-25-89-67-31-47(11-15-65(67)85-69(89)33-49-29-59(77)55(35-57(49)75)63-5-3-7-71(87-63)97-43-45-9-13-61(81-37-45)51-39-83-91(41-51)53-17-21-79-22-18-53)73(93)99-74(94)48-12-16-66-68(32-48)90(26-28-96-2)70(86-66)34-50-30-60(78)56(36-58(50)76)64-6-4-8-72(88-64)98-44-46-10-14-62(82-38-46)52-40-84-92(42-52)54-19-23-80-24-20-54/h3-16,29-32,35-42,53-54,79-80H,17-28,33-34,43-44H2,1-2H3. The van der Waals surface area contributed by atoms with Crippen LogP contribution in [0, 0.1) is 23.3 Å². The van der Waals surface area contributed by atoms with E-state index in [0.717, 1.165) is 110 Å². The lowest BCUT2D eigenvalue weighted by molar-refractivity contribution is 0.0397. The summed E-state index contributed by atoms with van der Waals surface area (Å²) in [6.45, 7) is 4.98. The number of ether oxygens (including phenoxy) is 5. The molecule has 0 aliphatic carbocycles. The van der Waals surface area contributed by atoms with Crippen LogP contribution in [0.1, 0.15) is 92.4 Å². The van der Waals surface area contributed by atoms with Gasteiger partial charge in [0.1, 0.15) is 48.1 Å². The summed E-state index contributed by atoms with van der Waals surface area (Å²) in [6, 6.07) is 31.6. The zero-order valence-electron chi connectivity index (χ0n) is 54.2.